The molecule has 0 rings (SSSR count). The van der Waals surface area contributed by atoms with E-state index in [4.69, 9.17) is 10.2 Å². The minimum Gasteiger partial charge on any atom is -0.480 e. The Kier molecular flexibility index (Phi) is 11.5. The molecule has 10 heteroatoms. The third-order valence-corrected chi connectivity index (χ3v) is 3.93. The summed E-state index contributed by atoms with van der Waals surface area (Å²) in [5, 5.41) is 59.2. The Morgan fingerprint density at radius 1 is 1.04 bits per heavy atom. The van der Waals surface area contributed by atoms with E-state index in [1.807, 2.05) is 13.8 Å². The minimum atomic E-state index is -1.77. The standard InChI is InChI=1S/C16H32N2O8/c1-9(2)6-17-10(16(25)26)4-5-13(22)18(3)7-11(20)14(23)15(24)12(21)8-19/h9-12,14-15,17,19-21,23-24H,4-8H2,1-3H3,(H,25,26)/t10-,11-,12+,14+,15+/m0/s1. The third-order valence-electron chi connectivity index (χ3n) is 3.93. The van der Waals surface area contributed by atoms with Gasteiger partial charge in [0.2, 0.25) is 5.91 Å². The highest BCUT2D eigenvalue weighted by atomic mass is 16.4. The van der Waals surface area contributed by atoms with Crippen molar-refractivity contribution in [2.45, 2.75) is 57.1 Å². The van der Waals surface area contributed by atoms with Crippen LogP contribution in [0, 0.1) is 5.92 Å². The molecule has 0 aliphatic heterocycles. The molecule has 1 amide bonds. The topological polar surface area (TPSA) is 171 Å². The van der Waals surface area contributed by atoms with Gasteiger partial charge in [-0.25, -0.2) is 0 Å². The molecule has 0 unspecified atom stereocenters. The predicted molar refractivity (Wildman–Crippen MR) is 92.2 cm³/mol. The van der Waals surface area contributed by atoms with E-state index in [9.17, 15) is 30.0 Å². The van der Waals surface area contributed by atoms with Gasteiger partial charge < -0.3 is 40.9 Å². The maximum Gasteiger partial charge on any atom is 0.320 e. The average molecular weight is 380 g/mol. The van der Waals surface area contributed by atoms with Gasteiger partial charge in [-0.15, -0.1) is 0 Å². The Morgan fingerprint density at radius 3 is 2.04 bits per heavy atom. The van der Waals surface area contributed by atoms with Gasteiger partial charge >= 0.3 is 5.97 Å². The number of likely N-dealkylation sites (N-methyl/N-ethyl adjacent to an activating group) is 1. The van der Waals surface area contributed by atoms with E-state index < -0.39 is 48.9 Å². The largest absolute Gasteiger partial charge is 0.480 e. The van der Waals surface area contributed by atoms with E-state index in [0.717, 1.165) is 4.90 Å². The molecule has 0 radical (unpaired) electrons. The summed E-state index contributed by atoms with van der Waals surface area (Å²) in [7, 11) is 1.37. The number of amides is 1. The van der Waals surface area contributed by atoms with Crippen LogP contribution in [0.2, 0.25) is 0 Å². The van der Waals surface area contributed by atoms with Crippen LogP contribution in [0.25, 0.3) is 0 Å². The number of aliphatic hydroxyl groups excluding tert-OH is 5. The Labute approximate surface area is 153 Å². The molecule has 0 heterocycles. The molecule has 5 atom stereocenters. The highest BCUT2D eigenvalue weighted by Crippen LogP contribution is 2.08. The number of rotatable bonds is 13. The molecule has 0 aliphatic carbocycles. The summed E-state index contributed by atoms with van der Waals surface area (Å²) in [6.07, 6.45) is -6.71. The zero-order valence-electron chi connectivity index (χ0n) is 15.4. The van der Waals surface area contributed by atoms with Crippen molar-refractivity contribution < 1.29 is 40.2 Å². The van der Waals surface area contributed by atoms with E-state index in [1.165, 1.54) is 7.05 Å². The first-order valence-corrected chi connectivity index (χ1v) is 8.54. The van der Waals surface area contributed by atoms with Gasteiger partial charge in [-0.1, -0.05) is 13.8 Å². The number of nitrogens with one attached hydrogen (secondary N) is 1. The number of carbonyl (C=O) groups is 2. The van der Waals surface area contributed by atoms with Crippen LogP contribution in [0.1, 0.15) is 26.7 Å². The van der Waals surface area contributed by atoms with Crippen molar-refractivity contribution in [3.8, 4) is 0 Å². The van der Waals surface area contributed by atoms with Crippen molar-refractivity contribution in [3.05, 3.63) is 0 Å². The number of aliphatic hydroxyl groups is 5. The van der Waals surface area contributed by atoms with E-state index in [1.54, 1.807) is 0 Å². The van der Waals surface area contributed by atoms with Gasteiger partial charge in [0.25, 0.3) is 0 Å². The van der Waals surface area contributed by atoms with Gasteiger partial charge in [0.1, 0.15) is 30.5 Å². The Bertz CT molecular complexity index is 434. The first-order chi connectivity index (χ1) is 12.0. The molecule has 26 heavy (non-hydrogen) atoms. The van der Waals surface area contributed by atoms with Crippen LogP contribution in [-0.2, 0) is 9.59 Å². The van der Waals surface area contributed by atoms with Crippen LogP contribution in [0.15, 0.2) is 0 Å². The first kappa shape index (κ1) is 24.7. The van der Waals surface area contributed by atoms with Gasteiger partial charge in [-0.05, 0) is 18.9 Å². The second-order valence-corrected chi connectivity index (χ2v) is 6.80. The number of nitrogens with zero attached hydrogens (tertiary/aromatic N) is 1. The highest BCUT2D eigenvalue weighted by Gasteiger charge is 2.31. The molecular formula is C16H32N2O8. The van der Waals surface area contributed by atoms with Crippen molar-refractivity contribution in [1.82, 2.24) is 10.2 Å². The summed E-state index contributed by atoms with van der Waals surface area (Å²) in [6.45, 7) is 3.24. The van der Waals surface area contributed by atoms with Crippen LogP contribution >= 0.6 is 0 Å². The Balaban J connectivity index is 4.50. The summed E-state index contributed by atoms with van der Waals surface area (Å²) < 4.78 is 0. The highest BCUT2D eigenvalue weighted by molar-refractivity contribution is 5.78. The molecule has 0 aromatic carbocycles. The maximum absolute atomic E-state index is 12.1. The zero-order valence-corrected chi connectivity index (χ0v) is 15.4. The maximum atomic E-state index is 12.1. The van der Waals surface area contributed by atoms with E-state index in [0.29, 0.717) is 6.54 Å². The van der Waals surface area contributed by atoms with Crippen LogP contribution in [0.4, 0.5) is 0 Å². The lowest BCUT2D eigenvalue weighted by atomic mass is 10.0. The normalized spacial score (nSPS) is 17.4. The number of carbonyl (C=O) groups excluding carboxylic acids is 1. The molecule has 0 spiro atoms. The quantitative estimate of drug-likeness (QED) is 0.180. The van der Waals surface area contributed by atoms with Gasteiger partial charge in [-0.3, -0.25) is 9.59 Å². The van der Waals surface area contributed by atoms with E-state index in [2.05, 4.69) is 5.32 Å². The van der Waals surface area contributed by atoms with Gasteiger partial charge in [-0.2, -0.15) is 0 Å². The molecule has 0 bridgehead atoms. The van der Waals surface area contributed by atoms with Gasteiger partial charge in [0, 0.05) is 20.0 Å². The summed E-state index contributed by atoms with van der Waals surface area (Å²) in [5.74, 6) is -1.24. The van der Waals surface area contributed by atoms with Gasteiger partial charge in [0.05, 0.1) is 6.61 Å². The molecule has 10 nitrogen and oxygen atoms in total. The lowest BCUT2D eigenvalue weighted by Gasteiger charge is -2.28. The molecule has 0 saturated carbocycles. The SMILES string of the molecule is CC(C)CN[C@@H](CCC(=O)N(C)C[C@H](O)[C@@H](O)[C@H](O)[C@H](O)CO)C(=O)O. The minimum absolute atomic E-state index is 0.0652. The van der Waals surface area contributed by atoms with Crippen LogP contribution in [0.3, 0.4) is 0 Å². The fraction of sp³-hybridized carbons (Fsp3) is 0.875. The molecule has 0 saturated heterocycles. The summed E-state index contributed by atoms with van der Waals surface area (Å²) in [5.41, 5.74) is 0. The molecule has 0 aromatic heterocycles. The fourth-order valence-electron chi connectivity index (χ4n) is 2.20. The molecule has 7 N–H and O–H groups in total. The van der Waals surface area contributed by atoms with Crippen molar-refractivity contribution in [1.29, 1.82) is 0 Å². The average Bonchev–Trinajstić information content (AvgIpc) is 2.58. The fourth-order valence-corrected chi connectivity index (χ4v) is 2.20. The summed E-state index contributed by atoms with van der Waals surface area (Å²) in [4.78, 5) is 24.4. The monoisotopic (exact) mass is 380 g/mol. The molecule has 0 aromatic rings. The van der Waals surface area contributed by atoms with E-state index in [-0.39, 0.29) is 25.3 Å². The lowest BCUT2D eigenvalue weighted by molar-refractivity contribution is -0.140. The molecule has 0 aliphatic rings. The van der Waals surface area contributed by atoms with Crippen molar-refractivity contribution in [2.75, 3.05) is 26.7 Å². The van der Waals surface area contributed by atoms with Crippen LogP contribution < -0.4 is 5.32 Å². The van der Waals surface area contributed by atoms with Crippen LogP contribution in [0.5, 0.6) is 0 Å². The zero-order chi connectivity index (χ0) is 20.4. The number of aliphatic carboxylic acids is 1. The number of hydrogen-bond acceptors (Lipinski definition) is 8. The van der Waals surface area contributed by atoms with Crippen molar-refractivity contribution in [2.24, 2.45) is 5.92 Å². The van der Waals surface area contributed by atoms with Gasteiger partial charge in [0.15, 0.2) is 0 Å². The van der Waals surface area contributed by atoms with Crippen LogP contribution in [-0.4, -0.2) is 105 Å². The second-order valence-electron chi connectivity index (χ2n) is 6.80. The van der Waals surface area contributed by atoms with Crippen molar-refractivity contribution in [3.63, 3.8) is 0 Å². The predicted octanol–water partition coefficient (Wildman–Crippen LogP) is -2.64. The first-order valence-electron chi connectivity index (χ1n) is 8.54. The third kappa shape index (κ3) is 8.88. The smallest absolute Gasteiger partial charge is 0.320 e. The van der Waals surface area contributed by atoms with Crippen molar-refractivity contribution >= 4 is 11.9 Å². The Morgan fingerprint density at radius 2 is 1.58 bits per heavy atom. The number of hydrogen-bond donors (Lipinski definition) is 7. The lowest BCUT2D eigenvalue weighted by Crippen LogP contribution is -2.50. The summed E-state index contributed by atoms with van der Waals surface area (Å²) >= 11 is 0. The second kappa shape index (κ2) is 12.2. The number of carboxylic acid groups (broad SMARTS) is 1. The molecular weight excluding hydrogens is 348 g/mol. The summed E-state index contributed by atoms with van der Waals surface area (Å²) in [6, 6.07) is -0.869. The molecule has 154 valence electrons. The Hall–Kier alpha value is -1.30. The molecule has 0 fully saturated rings. The van der Waals surface area contributed by atoms with E-state index >= 15 is 0 Å². The number of carboxylic acids is 1.